The molecule has 3 aromatic rings. The normalized spacial score (nSPS) is 15.8. The minimum atomic E-state index is -3.04. The molecule has 1 aliphatic carbocycles. The number of aromatic amines is 1. The van der Waals surface area contributed by atoms with Gasteiger partial charge in [-0.25, -0.2) is 18.7 Å². The Morgan fingerprint density at radius 3 is 2.68 bits per heavy atom. The molecule has 1 aliphatic rings. The first-order chi connectivity index (χ1) is 16.4. The van der Waals surface area contributed by atoms with E-state index in [0.717, 1.165) is 12.8 Å². The van der Waals surface area contributed by atoms with Crippen LogP contribution in [0.2, 0.25) is 0 Å². The van der Waals surface area contributed by atoms with Crippen LogP contribution >= 0.6 is 0 Å². The van der Waals surface area contributed by atoms with E-state index in [-0.39, 0.29) is 6.61 Å². The lowest BCUT2D eigenvalue weighted by Gasteiger charge is -2.24. The van der Waals surface area contributed by atoms with Crippen LogP contribution in [-0.4, -0.2) is 59.4 Å². The third-order valence-corrected chi connectivity index (χ3v) is 6.87. The number of hydrogen-bond acceptors (Lipinski definition) is 10. The fraction of sp³-hybridized carbons (Fsp3) is 0.381. The zero-order chi connectivity index (χ0) is 24.0. The highest BCUT2D eigenvalue weighted by Gasteiger charge is 2.19. The molecule has 34 heavy (non-hydrogen) atoms. The van der Waals surface area contributed by atoms with Crippen LogP contribution in [0.5, 0.6) is 0 Å². The number of rotatable bonds is 8. The van der Waals surface area contributed by atoms with Crippen LogP contribution in [0, 0.1) is 0 Å². The van der Waals surface area contributed by atoms with Gasteiger partial charge in [-0.2, -0.15) is 10.2 Å². The number of H-pyrrole nitrogens is 1. The molecule has 180 valence electrons. The number of carbonyl (C=O) groups is 1. The van der Waals surface area contributed by atoms with Crippen molar-refractivity contribution in [3.05, 3.63) is 30.5 Å². The Morgan fingerprint density at radius 1 is 1.24 bits per heavy atom. The van der Waals surface area contributed by atoms with Crippen LogP contribution in [0.25, 0.3) is 11.4 Å². The molecule has 1 saturated carbocycles. The van der Waals surface area contributed by atoms with Crippen molar-refractivity contribution in [1.29, 1.82) is 0 Å². The monoisotopic (exact) mass is 485 g/mol. The number of carbonyl (C=O) groups excluding carboxylic acids is 1. The Balaban J connectivity index is 1.52. The first-order valence-electron chi connectivity index (χ1n) is 11.0. The van der Waals surface area contributed by atoms with Crippen molar-refractivity contribution in [3.63, 3.8) is 0 Å². The highest BCUT2D eigenvalue weighted by atomic mass is 32.2. The molecule has 1 unspecified atom stereocenters. The van der Waals surface area contributed by atoms with E-state index < -0.39 is 15.8 Å². The smallest absolute Gasteiger partial charge is 0.418 e. The maximum Gasteiger partial charge on any atom is 0.418 e. The molecule has 4 N–H and O–H groups in total. The molecule has 1 aromatic carbocycles. The third kappa shape index (κ3) is 5.78. The summed E-state index contributed by atoms with van der Waals surface area (Å²) in [5, 5.41) is 20.9. The molecule has 0 spiro atoms. The Kier molecular flexibility index (Phi) is 7.21. The molecular formula is C21H27N9O3S. The molecular weight excluding hydrogens is 458 g/mol. The van der Waals surface area contributed by atoms with Crippen molar-refractivity contribution >= 4 is 39.1 Å². The number of benzene rings is 1. The molecule has 2 aromatic heterocycles. The van der Waals surface area contributed by atoms with Gasteiger partial charge in [-0.3, -0.25) is 0 Å². The predicted molar refractivity (Wildman–Crippen MR) is 129 cm³/mol. The van der Waals surface area contributed by atoms with E-state index in [1.54, 1.807) is 37.4 Å². The van der Waals surface area contributed by atoms with Gasteiger partial charge in [0.1, 0.15) is 5.82 Å². The number of tetrazole rings is 1. The summed E-state index contributed by atoms with van der Waals surface area (Å²) < 4.78 is 19.8. The van der Waals surface area contributed by atoms with E-state index in [4.69, 9.17) is 4.74 Å². The highest BCUT2D eigenvalue weighted by Crippen LogP contribution is 2.28. The summed E-state index contributed by atoms with van der Waals surface area (Å²) in [6, 6.07) is 6.95. The second-order valence-electron chi connectivity index (χ2n) is 7.82. The van der Waals surface area contributed by atoms with Gasteiger partial charge in [-0.15, -0.1) is 10.2 Å². The summed E-state index contributed by atoms with van der Waals surface area (Å²) in [6.45, 7) is 1.84. The van der Waals surface area contributed by atoms with Crippen LogP contribution in [0.15, 0.2) is 35.4 Å². The van der Waals surface area contributed by atoms with E-state index in [2.05, 4.69) is 51.8 Å². The maximum atomic E-state index is 12.7. The number of ether oxygens (including phenoxy) is 1. The average molecular weight is 486 g/mol. The van der Waals surface area contributed by atoms with Crippen LogP contribution in [0.1, 0.15) is 39.0 Å². The molecule has 0 aliphatic heterocycles. The SMILES string of the molecule is C=S(=O)(NC(=O)OCC)c1ccc(Nc2ncc(-c3nn[nH]n3)c(NC3CCCCC3)n2)cc1. The van der Waals surface area contributed by atoms with Crippen molar-refractivity contribution in [3.8, 4) is 11.4 Å². The first-order valence-corrected chi connectivity index (χ1v) is 12.7. The molecule has 1 amide bonds. The summed E-state index contributed by atoms with van der Waals surface area (Å²) >= 11 is 0. The lowest BCUT2D eigenvalue weighted by molar-refractivity contribution is 0.159. The lowest BCUT2D eigenvalue weighted by Crippen LogP contribution is -2.30. The zero-order valence-corrected chi connectivity index (χ0v) is 19.6. The molecule has 2 heterocycles. The molecule has 0 radical (unpaired) electrons. The van der Waals surface area contributed by atoms with E-state index in [1.165, 1.54) is 19.3 Å². The van der Waals surface area contributed by atoms with Crippen molar-refractivity contribution in [2.24, 2.45) is 0 Å². The summed E-state index contributed by atoms with van der Waals surface area (Å²) in [4.78, 5) is 21.0. The van der Waals surface area contributed by atoms with Crippen molar-refractivity contribution in [1.82, 2.24) is 35.3 Å². The van der Waals surface area contributed by atoms with Gasteiger partial charge in [0, 0.05) is 22.8 Å². The molecule has 0 saturated heterocycles. The molecule has 0 bridgehead atoms. The Labute approximate surface area is 197 Å². The van der Waals surface area contributed by atoms with Gasteiger partial charge < -0.3 is 15.4 Å². The van der Waals surface area contributed by atoms with Crippen LogP contribution in [-0.2, 0) is 14.4 Å². The van der Waals surface area contributed by atoms with E-state index >= 15 is 0 Å². The first kappa shape index (κ1) is 23.4. The largest absolute Gasteiger partial charge is 0.449 e. The zero-order valence-electron chi connectivity index (χ0n) is 18.8. The number of hydrogen-bond donors (Lipinski definition) is 4. The van der Waals surface area contributed by atoms with Gasteiger partial charge in [-0.05, 0) is 55.1 Å². The second kappa shape index (κ2) is 10.5. The maximum absolute atomic E-state index is 12.7. The van der Waals surface area contributed by atoms with Crippen molar-refractivity contribution in [2.45, 2.75) is 50.0 Å². The number of nitrogens with zero attached hydrogens (tertiary/aromatic N) is 5. The summed E-state index contributed by atoms with van der Waals surface area (Å²) in [5.74, 6) is 5.03. The van der Waals surface area contributed by atoms with Gasteiger partial charge in [0.25, 0.3) is 0 Å². The summed E-state index contributed by atoms with van der Waals surface area (Å²) in [6.07, 6.45) is 6.62. The van der Waals surface area contributed by atoms with E-state index in [9.17, 15) is 9.00 Å². The quantitative estimate of drug-likeness (QED) is 0.349. The Bertz CT molecular complexity index is 1210. The molecule has 13 heteroatoms. The minimum absolute atomic E-state index is 0.174. The fourth-order valence-corrected chi connectivity index (χ4v) is 4.69. The summed E-state index contributed by atoms with van der Waals surface area (Å²) in [5.41, 5.74) is 1.33. The molecule has 1 atom stereocenters. The van der Waals surface area contributed by atoms with Gasteiger partial charge in [0.2, 0.25) is 11.8 Å². The topological polar surface area (TPSA) is 160 Å². The van der Waals surface area contributed by atoms with Crippen molar-refractivity contribution < 1.29 is 13.7 Å². The molecule has 12 nitrogen and oxygen atoms in total. The highest BCUT2D eigenvalue weighted by molar-refractivity contribution is 7.99. The predicted octanol–water partition coefficient (Wildman–Crippen LogP) is 2.88. The number of nitrogens with one attached hydrogen (secondary N) is 4. The van der Waals surface area contributed by atoms with Crippen LogP contribution in [0.3, 0.4) is 0 Å². The Morgan fingerprint density at radius 2 is 2.00 bits per heavy atom. The van der Waals surface area contributed by atoms with Gasteiger partial charge in [0.05, 0.1) is 21.9 Å². The van der Waals surface area contributed by atoms with Crippen molar-refractivity contribution in [2.75, 3.05) is 17.2 Å². The van der Waals surface area contributed by atoms with Crippen LogP contribution < -0.4 is 15.4 Å². The standard InChI is InChI=1S/C21H27N9O3S/c1-3-33-21(31)28-34(2,32)16-11-9-15(10-12-16)24-20-22-13-17(19-26-29-30-27-19)18(25-20)23-14-7-5-4-6-8-14/h9-14H,2-8H2,1H3,(H,28,31,32)(H2,22,23,24,25)(H,26,27,29,30). The van der Waals surface area contributed by atoms with Crippen LogP contribution in [0.4, 0.5) is 22.2 Å². The van der Waals surface area contributed by atoms with Gasteiger partial charge in [-0.1, -0.05) is 19.3 Å². The average Bonchev–Trinajstić information content (AvgIpc) is 3.35. The molecule has 4 rings (SSSR count). The fourth-order valence-electron chi connectivity index (χ4n) is 3.67. The lowest BCUT2D eigenvalue weighted by atomic mass is 9.95. The van der Waals surface area contributed by atoms with Gasteiger partial charge >= 0.3 is 6.09 Å². The molecule has 1 fully saturated rings. The number of anilines is 3. The third-order valence-electron chi connectivity index (χ3n) is 5.34. The minimum Gasteiger partial charge on any atom is -0.449 e. The number of aromatic nitrogens is 6. The van der Waals surface area contributed by atoms with E-state index in [0.29, 0.717) is 39.8 Å². The Hall–Kier alpha value is -3.74. The summed E-state index contributed by atoms with van der Waals surface area (Å²) in [7, 11) is -3.04. The van der Waals surface area contributed by atoms with E-state index in [1.807, 2.05) is 0 Å². The second-order valence-corrected chi connectivity index (χ2v) is 9.84. The number of amides is 1. The van der Waals surface area contributed by atoms with Gasteiger partial charge in [0.15, 0.2) is 0 Å².